The van der Waals surface area contributed by atoms with Crippen LogP contribution in [0.1, 0.15) is 18.6 Å². The lowest BCUT2D eigenvalue weighted by Crippen LogP contribution is -1.92. The molecular formula is C14H12ClIO2. The van der Waals surface area contributed by atoms with Gasteiger partial charge in [-0.15, -0.1) is 0 Å². The Hall–Kier alpha value is -0.780. The molecule has 94 valence electrons. The average Bonchev–Trinajstić information content (AvgIpc) is 2.34. The molecule has 0 saturated heterocycles. The van der Waals surface area contributed by atoms with Gasteiger partial charge >= 0.3 is 0 Å². The van der Waals surface area contributed by atoms with Crippen LogP contribution in [0.4, 0.5) is 0 Å². The molecule has 0 aliphatic rings. The first kappa shape index (κ1) is 13.6. The van der Waals surface area contributed by atoms with E-state index in [4.69, 9.17) is 16.3 Å². The Bertz CT molecular complexity index is 538. The van der Waals surface area contributed by atoms with Crippen molar-refractivity contribution < 1.29 is 9.84 Å². The van der Waals surface area contributed by atoms with E-state index in [0.717, 1.165) is 14.9 Å². The first-order chi connectivity index (χ1) is 8.56. The Morgan fingerprint density at radius 1 is 1.17 bits per heavy atom. The number of benzene rings is 2. The van der Waals surface area contributed by atoms with E-state index < -0.39 is 6.10 Å². The lowest BCUT2D eigenvalue weighted by atomic mass is 10.1. The number of rotatable bonds is 3. The maximum absolute atomic E-state index is 9.46. The van der Waals surface area contributed by atoms with Crippen molar-refractivity contribution in [2.75, 3.05) is 0 Å². The molecule has 0 bridgehead atoms. The minimum atomic E-state index is -0.533. The molecule has 0 heterocycles. The van der Waals surface area contributed by atoms with E-state index in [1.165, 1.54) is 0 Å². The first-order valence-corrected chi connectivity index (χ1v) is 6.93. The van der Waals surface area contributed by atoms with Crippen LogP contribution in [0.5, 0.6) is 11.5 Å². The van der Waals surface area contributed by atoms with Crippen LogP contribution >= 0.6 is 34.2 Å². The van der Waals surface area contributed by atoms with Crippen LogP contribution in [0.3, 0.4) is 0 Å². The monoisotopic (exact) mass is 374 g/mol. The first-order valence-electron chi connectivity index (χ1n) is 5.47. The van der Waals surface area contributed by atoms with Crippen molar-refractivity contribution in [1.29, 1.82) is 0 Å². The van der Waals surface area contributed by atoms with Gasteiger partial charge in [-0.05, 0) is 71.5 Å². The summed E-state index contributed by atoms with van der Waals surface area (Å²) >= 11 is 8.35. The van der Waals surface area contributed by atoms with Crippen LogP contribution in [0.15, 0.2) is 42.5 Å². The van der Waals surface area contributed by atoms with Crippen LogP contribution in [-0.2, 0) is 0 Å². The van der Waals surface area contributed by atoms with Gasteiger partial charge in [0, 0.05) is 3.57 Å². The van der Waals surface area contributed by atoms with E-state index in [1.807, 2.05) is 24.3 Å². The number of aliphatic hydroxyl groups is 1. The molecule has 0 aromatic heterocycles. The third kappa shape index (κ3) is 3.37. The third-order valence-corrected chi connectivity index (χ3v) is 3.49. The minimum Gasteiger partial charge on any atom is -0.456 e. The van der Waals surface area contributed by atoms with Gasteiger partial charge in [0.2, 0.25) is 0 Å². The van der Waals surface area contributed by atoms with E-state index >= 15 is 0 Å². The number of hydrogen-bond donors (Lipinski definition) is 1. The molecule has 1 N–H and O–H groups in total. The Labute approximate surface area is 125 Å². The molecule has 18 heavy (non-hydrogen) atoms. The molecule has 0 saturated carbocycles. The molecule has 0 aliphatic carbocycles. The van der Waals surface area contributed by atoms with Crippen molar-refractivity contribution in [3.8, 4) is 11.5 Å². The Morgan fingerprint density at radius 3 is 2.39 bits per heavy atom. The summed E-state index contributed by atoms with van der Waals surface area (Å²) < 4.78 is 6.83. The van der Waals surface area contributed by atoms with Crippen molar-refractivity contribution in [3.05, 3.63) is 56.6 Å². The Morgan fingerprint density at radius 2 is 1.83 bits per heavy atom. The van der Waals surface area contributed by atoms with Crippen molar-refractivity contribution in [1.82, 2.24) is 0 Å². The number of hydrogen-bond acceptors (Lipinski definition) is 2. The second-order valence-electron chi connectivity index (χ2n) is 3.92. The lowest BCUT2D eigenvalue weighted by molar-refractivity contribution is 0.199. The fraction of sp³-hybridized carbons (Fsp3) is 0.143. The average molecular weight is 375 g/mol. The number of aliphatic hydroxyl groups excluding tert-OH is 1. The quantitative estimate of drug-likeness (QED) is 0.783. The van der Waals surface area contributed by atoms with Crippen LogP contribution < -0.4 is 4.74 Å². The van der Waals surface area contributed by atoms with Gasteiger partial charge < -0.3 is 9.84 Å². The van der Waals surface area contributed by atoms with Crippen molar-refractivity contribution in [2.24, 2.45) is 0 Å². The normalized spacial score (nSPS) is 12.2. The zero-order valence-corrected chi connectivity index (χ0v) is 12.6. The zero-order valence-electron chi connectivity index (χ0n) is 9.73. The standard InChI is InChI=1S/C14H12ClIO2/c1-9(17)10-2-7-14(13(15)8-10)18-12-5-3-11(16)4-6-12/h2-9,17H,1H3/t9-/m1/s1. The highest BCUT2D eigenvalue weighted by atomic mass is 127. The number of halogens is 2. The summed E-state index contributed by atoms with van der Waals surface area (Å²) in [5.41, 5.74) is 0.773. The summed E-state index contributed by atoms with van der Waals surface area (Å²) in [6.07, 6.45) is -0.533. The SMILES string of the molecule is C[C@@H](O)c1ccc(Oc2ccc(I)cc2)c(Cl)c1. The fourth-order valence-electron chi connectivity index (χ4n) is 1.49. The smallest absolute Gasteiger partial charge is 0.146 e. The van der Waals surface area contributed by atoms with Gasteiger partial charge in [0.15, 0.2) is 0 Å². The molecule has 2 aromatic rings. The van der Waals surface area contributed by atoms with Gasteiger partial charge in [-0.2, -0.15) is 0 Å². The molecule has 0 spiro atoms. The zero-order chi connectivity index (χ0) is 13.1. The van der Waals surface area contributed by atoms with Gasteiger partial charge in [0.1, 0.15) is 11.5 Å². The third-order valence-electron chi connectivity index (χ3n) is 2.48. The van der Waals surface area contributed by atoms with E-state index in [0.29, 0.717) is 10.8 Å². The Kier molecular flexibility index (Phi) is 4.48. The molecular weight excluding hydrogens is 363 g/mol. The maximum Gasteiger partial charge on any atom is 0.146 e. The Balaban J connectivity index is 2.22. The highest BCUT2D eigenvalue weighted by Gasteiger charge is 2.07. The van der Waals surface area contributed by atoms with Gasteiger partial charge in [-0.1, -0.05) is 17.7 Å². The van der Waals surface area contributed by atoms with Crippen LogP contribution in [-0.4, -0.2) is 5.11 Å². The van der Waals surface area contributed by atoms with Gasteiger partial charge in [0.25, 0.3) is 0 Å². The summed E-state index contributed by atoms with van der Waals surface area (Å²) in [4.78, 5) is 0. The molecule has 0 radical (unpaired) electrons. The highest BCUT2D eigenvalue weighted by molar-refractivity contribution is 14.1. The molecule has 4 heteroatoms. The summed E-state index contributed by atoms with van der Waals surface area (Å²) in [7, 11) is 0. The predicted molar refractivity (Wildman–Crippen MR) is 81.3 cm³/mol. The van der Waals surface area contributed by atoms with E-state index in [9.17, 15) is 5.11 Å². The molecule has 2 nitrogen and oxygen atoms in total. The maximum atomic E-state index is 9.46. The fourth-order valence-corrected chi connectivity index (χ4v) is 2.08. The van der Waals surface area contributed by atoms with Gasteiger partial charge in [0.05, 0.1) is 11.1 Å². The summed E-state index contributed by atoms with van der Waals surface area (Å²) in [5, 5.41) is 9.95. The van der Waals surface area contributed by atoms with Crippen LogP contribution in [0.25, 0.3) is 0 Å². The topological polar surface area (TPSA) is 29.5 Å². The molecule has 2 rings (SSSR count). The largest absolute Gasteiger partial charge is 0.456 e. The molecule has 2 aromatic carbocycles. The van der Waals surface area contributed by atoms with E-state index in [-0.39, 0.29) is 0 Å². The second-order valence-corrected chi connectivity index (χ2v) is 5.57. The second kappa shape index (κ2) is 5.91. The molecule has 0 amide bonds. The number of ether oxygens (including phenoxy) is 1. The summed E-state index contributed by atoms with van der Waals surface area (Å²) in [6.45, 7) is 1.70. The highest BCUT2D eigenvalue weighted by Crippen LogP contribution is 2.31. The minimum absolute atomic E-state index is 0.493. The van der Waals surface area contributed by atoms with Crippen molar-refractivity contribution in [3.63, 3.8) is 0 Å². The molecule has 0 aliphatic heterocycles. The summed E-state index contributed by atoms with van der Waals surface area (Å²) in [5.74, 6) is 1.32. The molecule has 0 fully saturated rings. The van der Waals surface area contributed by atoms with E-state index in [1.54, 1.807) is 25.1 Å². The van der Waals surface area contributed by atoms with E-state index in [2.05, 4.69) is 22.6 Å². The lowest BCUT2D eigenvalue weighted by Gasteiger charge is -2.10. The summed E-state index contributed by atoms with van der Waals surface area (Å²) in [6, 6.07) is 13.0. The van der Waals surface area contributed by atoms with Crippen molar-refractivity contribution >= 4 is 34.2 Å². The molecule has 1 atom stereocenters. The van der Waals surface area contributed by atoms with Crippen LogP contribution in [0.2, 0.25) is 5.02 Å². The van der Waals surface area contributed by atoms with Gasteiger partial charge in [-0.3, -0.25) is 0 Å². The molecule has 0 unspecified atom stereocenters. The van der Waals surface area contributed by atoms with Crippen molar-refractivity contribution in [2.45, 2.75) is 13.0 Å². The van der Waals surface area contributed by atoms with Crippen LogP contribution in [0, 0.1) is 3.57 Å². The predicted octanol–water partition coefficient (Wildman–Crippen LogP) is 4.79. The van der Waals surface area contributed by atoms with Gasteiger partial charge in [-0.25, -0.2) is 0 Å².